The van der Waals surface area contributed by atoms with Gasteiger partial charge in [-0.15, -0.1) is 24.0 Å². The summed E-state index contributed by atoms with van der Waals surface area (Å²) >= 11 is 0. The molecule has 2 N–H and O–H groups in total. The van der Waals surface area contributed by atoms with Crippen molar-refractivity contribution in [2.75, 3.05) is 39.3 Å². The molecule has 0 aromatic carbocycles. The summed E-state index contributed by atoms with van der Waals surface area (Å²) in [6.45, 7) is 15.4. The van der Waals surface area contributed by atoms with Gasteiger partial charge in [-0.25, -0.2) is 0 Å². The standard InChI is InChI=1S/C16H34N4.HI/c1-5-17-16(18-6-2)19-13-15-8-11-20(12-9-15)10-7-14(3)4;/h14-15H,5-13H2,1-4H3,(H2,17,18,19);1H. The molecule has 1 heterocycles. The minimum atomic E-state index is 0. The van der Waals surface area contributed by atoms with E-state index >= 15 is 0 Å². The lowest BCUT2D eigenvalue weighted by Gasteiger charge is -2.31. The molecule has 0 saturated carbocycles. The first-order chi connectivity index (χ1) is 9.65. The maximum absolute atomic E-state index is 4.70. The van der Waals surface area contributed by atoms with Crippen molar-refractivity contribution in [3.05, 3.63) is 0 Å². The van der Waals surface area contributed by atoms with Crippen molar-refractivity contribution in [3.8, 4) is 0 Å². The monoisotopic (exact) mass is 410 g/mol. The quantitative estimate of drug-likeness (QED) is 0.385. The lowest BCUT2D eigenvalue weighted by molar-refractivity contribution is 0.180. The molecule has 1 rings (SSSR count). The second-order valence-corrected chi connectivity index (χ2v) is 6.22. The van der Waals surface area contributed by atoms with Crippen LogP contribution in [0, 0.1) is 11.8 Å². The normalized spacial score (nSPS) is 16.4. The van der Waals surface area contributed by atoms with Gasteiger partial charge in [0.25, 0.3) is 0 Å². The third-order valence-corrected chi connectivity index (χ3v) is 3.93. The summed E-state index contributed by atoms with van der Waals surface area (Å²) in [5, 5.41) is 6.59. The molecule has 0 aliphatic carbocycles. The van der Waals surface area contributed by atoms with Crippen molar-refractivity contribution in [3.63, 3.8) is 0 Å². The number of nitrogens with one attached hydrogen (secondary N) is 2. The molecule has 126 valence electrons. The van der Waals surface area contributed by atoms with Gasteiger partial charge in [0, 0.05) is 19.6 Å². The Morgan fingerprint density at radius 1 is 1.14 bits per heavy atom. The van der Waals surface area contributed by atoms with Gasteiger partial charge >= 0.3 is 0 Å². The van der Waals surface area contributed by atoms with E-state index in [4.69, 9.17) is 4.99 Å². The van der Waals surface area contributed by atoms with Crippen molar-refractivity contribution < 1.29 is 0 Å². The summed E-state index contributed by atoms with van der Waals surface area (Å²) in [6, 6.07) is 0. The zero-order chi connectivity index (χ0) is 14.8. The van der Waals surface area contributed by atoms with Gasteiger partial charge in [-0.3, -0.25) is 4.99 Å². The molecule has 0 spiro atoms. The predicted molar refractivity (Wildman–Crippen MR) is 104 cm³/mol. The van der Waals surface area contributed by atoms with Crippen molar-refractivity contribution in [2.45, 2.75) is 47.0 Å². The molecule has 1 saturated heterocycles. The van der Waals surface area contributed by atoms with Crippen LogP contribution in [-0.4, -0.2) is 50.1 Å². The molecule has 21 heavy (non-hydrogen) atoms. The second-order valence-electron chi connectivity index (χ2n) is 6.22. The van der Waals surface area contributed by atoms with Crippen LogP contribution in [0.15, 0.2) is 4.99 Å². The molecule has 0 radical (unpaired) electrons. The van der Waals surface area contributed by atoms with E-state index in [2.05, 4.69) is 43.2 Å². The highest BCUT2D eigenvalue weighted by molar-refractivity contribution is 14.0. The van der Waals surface area contributed by atoms with Crippen LogP contribution >= 0.6 is 24.0 Å². The van der Waals surface area contributed by atoms with Crippen molar-refractivity contribution >= 4 is 29.9 Å². The molecule has 0 aromatic rings. The summed E-state index contributed by atoms with van der Waals surface area (Å²) in [5.74, 6) is 2.55. The topological polar surface area (TPSA) is 39.7 Å². The van der Waals surface area contributed by atoms with E-state index in [0.717, 1.165) is 37.4 Å². The van der Waals surface area contributed by atoms with Crippen LogP contribution in [-0.2, 0) is 0 Å². The molecule has 5 heteroatoms. The molecule has 0 aromatic heterocycles. The Labute approximate surface area is 148 Å². The van der Waals surface area contributed by atoms with Crippen LogP contribution in [0.25, 0.3) is 0 Å². The number of hydrogen-bond donors (Lipinski definition) is 2. The van der Waals surface area contributed by atoms with Gasteiger partial charge in [0.1, 0.15) is 0 Å². The molecule has 0 bridgehead atoms. The number of rotatable bonds is 7. The van der Waals surface area contributed by atoms with Gasteiger partial charge in [0.05, 0.1) is 0 Å². The number of likely N-dealkylation sites (tertiary alicyclic amines) is 1. The van der Waals surface area contributed by atoms with Gasteiger partial charge in [-0.2, -0.15) is 0 Å². The average molecular weight is 410 g/mol. The Morgan fingerprint density at radius 3 is 2.19 bits per heavy atom. The summed E-state index contributed by atoms with van der Waals surface area (Å²) in [5.41, 5.74) is 0. The Balaban J connectivity index is 0.00000400. The SMILES string of the molecule is CCNC(=NCC1CCN(CCC(C)C)CC1)NCC.I. The molecule has 0 unspecified atom stereocenters. The Kier molecular flexibility index (Phi) is 12.5. The fourth-order valence-electron chi connectivity index (χ4n) is 2.56. The summed E-state index contributed by atoms with van der Waals surface area (Å²) < 4.78 is 0. The number of guanidine groups is 1. The first-order valence-electron chi connectivity index (χ1n) is 8.40. The van der Waals surface area contributed by atoms with E-state index in [-0.39, 0.29) is 24.0 Å². The van der Waals surface area contributed by atoms with Gasteiger partial charge in [0.2, 0.25) is 0 Å². The average Bonchev–Trinajstić information content (AvgIpc) is 2.44. The van der Waals surface area contributed by atoms with Crippen LogP contribution < -0.4 is 10.6 Å². The molecule has 1 aliphatic heterocycles. The highest BCUT2D eigenvalue weighted by Crippen LogP contribution is 2.18. The van der Waals surface area contributed by atoms with Crippen LogP contribution in [0.5, 0.6) is 0 Å². The lowest BCUT2D eigenvalue weighted by atomic mass is 9.96. The van der Waals surface area contributed by atoms with E-state index < -0.39 is 0 Å². The van der Waals surface area contributed by atoms with Crippen molar-refractivity contribution in [1.29, 1.82) is 0 Å². The molecule has 0 amide bonds. The fraction of sp³-hybridized carbons (Fsp3) is 0.938. The number of halogens is 1. The van der Waals surface area contributed by atoms with Crippen LogP contribution in [0.4, 0.5) is 0 Å². The third-order valence-electron chi connectivity index (χ3n) is 3.93. The van der Waals surface area contributed by atoms with Crippen LogP contribution in [0.3, 0.4) is 0 Å². The number of aliphatic imine (C=N–C) groups is 1. The second kappa shape index (κ2) is 12.5. The zero-order valence-electron chi connectivity index (χ0n) is 14.3. The minimum absolute atomic E-state index is 0. The Morgan fingerprint density at radius 2 is 1.71 bits per heavy atom. The smallest absolute Gasteiger partial charge is 0.191 e. The summed E-state index contributed by atoms with van der Waals surface area (Å²) in [7, 11) is 0. The third kappa shape index (κ3) is 9.55. The Bertz CT molecular complexity index is 265. The van der Waals surface area contributed by atoms with E-state index in [1.807, 2.05) is 0 Å². The van der Waals surface area contributed by atoms with Crippen molar-refractivity contribution in [1.82, 2.24) is 15.5 Å². The molecule has 1 aliphatic rings. The lowest BCUT2D eigenvalue weighted by Crippen LogP contribution is -2.38. The highest BCUT2D eigenvalue weighted by atomic mass is 127. The van der Waals surface area contributed by atoms with Crippen LogP contribution in [0.1, 0.15) is 47.0 Å². The molecular formula is C16H35IN4. The number of nitrogens with zero attached hydrogens (tertiary/aromatic N) is 2. The zero-order valence-corrected chi connectivity index (χ0v) is 16.7. The first-order valence-corrected chi connectivity index (χ1v) is 8.40. The van der Waals surface area contributed by atoms with Gasteiger partial charge in [-0.05, 0) is 64.6 Å². The summed E-state index contributed by atoms with van der Waals surface area (Å²) in [4.78, 5) is 7.32. The Hall–Kier alpha value is -0.0400. The maximum atomic E-state index is 4.70. The van der Waals surface area contributed by atoms with Gasteiger partial charge in [-0.1, -0.05) is 13.8 Å². The van der Waals surface area contributed by atoms with Crippen molar-refractivity contribution in [2.24, 2.45) is 16.8 Å². The van der Waals surface area contributed by atoms with Gasteiger partial charge in [0.15, 0.2) is 5.96 Å². The van der Waals surface area contributed by atoms with Crippen LogP contribution in [0.2, 0.25) is 0 Å². The predicted octanol–water partition coefficient (Wildman–Crippen LogP) is 2.94. The van der Waals surface area contributed by atoms with E-state index in [0.29, 0.717) is 0 Å². The van der Waals surface area contributed by atoms with E-state index in [1.54, 1.807) is 0 Å². The minimum Gasteiger partial charge on any atom is -0.357 e. The molecular weight excluding hydrogens is 375 g/mol. The highest BCUT2D eigenvalue weighted by Gasteiger charge is 2.18. The van der Waals surface area contributed by atoms with E-state index in [9.17, 15) is 0 Å². The molecule has 4 nitrogen and oxygen atoms in total. The first kappa shape index (κ1) is 21.0. The molecule has 0 atom stereocenters. The number of hydrogen-bond acceptors (Lipinski definition) is 2. The summed E-state index contributed by atoms with van der Waals surface area (Å²) in [6.07, 6.45) is 3.92. The maximum Gasteiger partial charge on any atom is 0.191 e. The van der Waals surface area contributed by atoms with Gasteiger partial charge < -0.3 is 15.5 Å². The van der Waals surface area contributed by atoms with E-state index in [1.165, 1.54) is 38.9 Å². The molecule has 1 fully saturated rings. The largest absolute Gasteiger partial charge is 0.357 e. The number of piperidine rings is 1. The fourth-order valence-corrected chi connectivity index (χ4v) is 2.56.